The highest BCUT2D eigenvalue weighted by Gasteiger charge is 2.33. The number of nitrogens with one attached hydrogen (secondary N) is 1. The number of nitrogens with zero attached hydrogens (tertiary/aromatic N) is 1. The standard InChI is InChI=1S/C13H19F2N3O/c1-13(12(16)19,17-6-7-18(2)3)9-4-5-10(14)11(15)8-9/h4-5,8,17H,6-7H2,1-3H3,(H2,16,19). The lowest BCUT2D eigenvalue weighted by molar-refractivity contribution is -0.124. The number of carbonyl (C=O) groups is 1. The molecule has 0 spiro atoms. The number of rotatable bonds is 6. The fourth-order valence-electron chi connectivity index (χ4n) is 1.67. The summed E-state index contributed by atoms with van der Waals surface area (Å²) in [5, 5.41) is 2.98. The maximum atomic E-state index is 13.3. The van der Waals surface area contributed by atoms with Gasteiger partial charge in [0.15, 0.2) is 11.6 Å². The van der Waals surface area contributed by atoms with Gasteiger partial charge in [-0.2, -0.15) is 0 Å². The SMILES string of the molecule is CN(C)CCNC(C)(C(N)=O)c1ccc(F)c(F)c1. The van der Waals surface area contributed by atoms with Crippen molar-refractivity contribution in [1.82, 2.24) is 10.2 Å². The van der Waals surface area contributed by atoms with E-state index >= 15 is 0 Å². The number of hydrogen-bond donors (Lipinski definition) is 2. The van der Waals surface area contributed by atoms with Crippen LogP contribution in [0.25, 0.3) is 0 Å². The van der Waals surface area contributed by atoms with Crippen LogP contribution in [0.15, 0.2) is 18.2 Å². The van der Waals surface area contributed by atoms with Gasteiger partial charge in [-0.15, -0.1) is 0 Å². The van der Waals surface area contributed by atoms with Crippen molar-refractivity contribution in [2.24, 2.45) is 5.73 Å². The average molecular weight is 271 g/mol. The van der Waals surface area contributed by atoms with Gasteiger partial charge in [0.1, 0.15) is 5.54 Å². The summed E-state index contributed by atoms with van der Waals surface area (Å²) in [7, 11) is 3.78. The number of nitrogens with two attached hydrogens (primary N) is 1. The van der Waals surface area contributed by atoms with Gasteiger partial charge in [0.05, 0.1) is 0 Å². The van der Waals surface area contributed by atoms with Crippen LogP contribution in [0, 0.1) is 11.6 Å². The Bertz CT molecular complexity index is 465. The Kier molecular flexibility index (Phi) is 4.97. The minimum absolute atomic E-state index is 0.303. The Morgan fingerprint density at radius 1 is 1.37 bits per heavy atom. The predicted molar refractivity (Wildman–Crippen MR) is 69.5 cm³/mol. The largest absolute Gasteiger partial charge is 0.368 e. The number of amides is 1. The van der Waals surface area contributed by atoms with E-state index in [-0.39, 0.29) is 0 Å². The van der Waals surface area contributed by atoms with Crippen molar-refractivity contribution < 1.29 is 13.6 Å². The average Bonchev–Trinajstić information content (AvgIpc) is 2.31. The molecule has 0 saturated carbocycles. The van der Waals surface area contributed by atoms with E-state index in [0.717, 1.165) is 12.1 Å². The van der Waals surface area contributed by atoms with Gasteiger partial charge >= 0.3 is 0 Å². The Morgan fingerprint density at radius 2 is 2.00 bits per heavy atom. The van der Waals surface area contributed by atoms with Crippen LogP contribution >= 0.6 is 0 Å². The summed E-state index contributed by atoms with van der Waals surface area (Å²) < 4.78 is 26.2. The first-order valence-electron chi connectivity index (χ1n) is 5.92. The Balaban J connectivity index is 2.97. The molecule has 106 valence electrons. The molecule has 6 heteroatoms. The number of carbonyl (C=O) groups excluding carboxylic acids is 1. The second-order valence-electron chi connectivity index (χ2n) is 4.85. The van der Waals surface area contributed by atoms with E-state index in [1.165, 1.54) is 6.07 Å². The van der Waals surface area contributed by atoms with Crippen molar-refractivity contribution in [1.29, 1.82) is 0 Å². The van der Waals surface area contributed by atoms with Gasteiger partial charge in [0, 0.05) is 13.1 Å². The molecule has 0 heterocycles. The molecule has 1 aromatic rings. The van der Waals surface area contributed by atoms with Crippen molar-refractivity contribution in [2.45, 2.75) is 12.5 Å². The quantitative estimate of drug-likeness (QED) is 0.805. The Hall–Kier alpha value is -1.53. The molecule has 19 heavy (non-hydrogen) atoms. The number of primary amides is 1. The molecule has 1 rings (SSSR count). The van der Waals surface area contributed by atoms with Gasteiger partial charge in [0.2, 0.25) is 5.91 Å². The third kappa shape index (κ3) is 3.71. The summed E-state index contributed by atoms with van der Waals surface area (Å²) in [6.45, 7) is 2.73. The highest BCUT2D eigenvalue weighted by molar-refractivity contribution is 5.85. The van der Waals surface area contributed by atoms with Crippen molar-refractivity contribution in [2.75, 3.05) is 27.2 Å². The van der Waals surface area contributed by atoms with E-state index in [4.69, 9.17) is 5.73 Å². The second kappa shape index (κ2) is 6.08. The zero-order valence-electron chi connectivity index (χ0n) is 11.3. The normalized spacial score (nSPS) is 14.4. The van der Waals surface area contributed by atoms with Crippen LogP contribution in [0.1, 0.15) is 12.5 Å². The number of hydrogen-bond acceptors (Lipinski definition) is 3. The van der Waals surface area contributed by atoms with Gasteiger partial charge in [-0.25, -0.2) is 8.78 Å². The molecule has 0 radical (unpaired) electrons. The first-order valence-corrected chi connectivity index (χ1v) is 5.92. The van der Waals surface area contributed by atoms with Crippen LogP contribution < -0.4 is 11.1 Å². The highest BCUT2D eigenvalue weighted by Crippen LogP contribution is 2.22. The number of likely N-dealkylation sites (N-methyl/N-ethyl adjacent to an activating group) is 1. The van der Waals surface area contributed by atoms with E-state index in [0.29, 0.717) is 18.7 Å². The van der Waals surface area contributed by atoms with E-state index in [9.17, 15) is 13.6 Å². The molecule has 1 amide bonds. The zero-order valence-corrected chi connectivity index (χ0v) is 11.3. The molecule has 0 aliphatic carbocycles. The van der Waals surface area contributed by atoms with Crippen LogP contribution in [0.4, 0.5) is 8.78 Å². The molecule has 0 aliphatic heterocycles. The summed E-state index contributed by atoms with van der Waals surface area (Å²) in [4.78, 5) is 13.6. The Morgan fingerprint density at radius 3 is 2.47 bits per heavy atom. The summed E-state index contributed by atoms with van der Waals surface area (Å²) in [6, 6.07) is 3.33. The molecule has 1 aromatic carbocycles. The molecular weight excluding hydrogens is 252 g/mol. The van der Waals surface area contributed by atoms with E-state index in [1.54, 1.807) is 6.92 Å². The van der Waals surface area contributed by atoms with Crippen molar-refractivity contribution >= 4 is 5.91 Å². The van der Waals surface area contributed by atoms with E-state index in [2.05, 4.69) is 5.32 Å². The van der Waals surface area contributed by atoms with E-state index < -0.39 is 23.1 Å². The molecule has 0 fully saturated rings. The van der Waals surface area contributed by atoms with Crippen molar-refractivity contribution in [3.05, 3.63) is 35.4 Å². The first-order chi connectivity index (χ1) is 8.77. The molecule has 0 bridgehead atoms. The van der Waals surface area contributed by atoms with Gasteiger partial charge in [0.25, 0.3) is 0 Å². The molecule has 3 N–H and O–H groups in total. The van der Waals surface area contributed by atoms with Gasteiger partial charge in [-0.1, -0.05) is 6.07 Å². The fourth-order valence-corrected chi connectivity index (χ4v) is 1.67. The lowest BCUT2D eigenvalue weighted by Gasteiger charge is -2.29. The van der Waals surface area contributed by atoms with Gasteiger partial charge < -0.3 is 10.6 Å². The maximum absolute atomic E-state index is 13.3. The van der Waals surface area contributed by atoms with Crippen LogP contribution in [0.5, 0.6) is 0 Å². The molecule has 4 nitrogen and oxygen atoms in total. The summed E-state index contributed by atoms with van der Waals surface area (Å²) >= 11 is 0. The highest BCUT2D eigenvalue weighted by atomic mass is 19.2. The minimum atomic E-state index is -1.23. The zero-order chi connectivity index (χ0) is 14.6. The molecule has 0 saturated heterocycles. The minimum Gasteiger partial charge on any atom is -0.368 e. The lowest BCUT2D eigenvalue weighted by atomic mass is 9.91. The molecule has 1 atom stereocenters. The third-order valence-electron chi connectivity index (χ3n) is 3.03. The molecule has 1 unspecified atom stereocenters. The van der Waals surface area contributed by atoms with Crippen LogP contribution in [0.3, 0.4) is 0 Å². The van der Waals surface area contributed by atoms with Gasteiger partial charge in [-0.05, 0) is 38.7 Å². The summed E-state index contributed by atoms with van der Waals surface area (Å²) in [5.41, 5.74) is 4.45. The van der Waals surface area contributed by atoms with E-state index in [1.807, 2.05) is 19.0 Å². The molecule has 0 aliphatic rings. The lowest BCUT2D eigenvalue weighted by Crippen LogP contribution is -2.52. The topological polar surface area (TPSA) is 58.4 Å². The summed E-state index contributed by atoms with van der Waals surface area (Å²) in [5.74, 6) is -2.60. The van der Waals surface area contributed by atoms with Crippen molar-refractivity contribution in [3.8, 4) is 0 Å². The van der Waals surface area contributed by atoms with Gasteiger partial charge in [-0.3, -0.25) is 10.1 Å². The summed E-state index contributed by atoms with van der Waals surface area (Å²) in [6.07, 6.45) is 0. The first kappa shape index (κ1) is 15.5. The third-order valence-corrected chi connectivity index (χ3v) is 3.03. The predicted octanol–water partition coefficient (Wildman–Crippen LogP) is 0.817. The number of benzene rings is 1. The van der Waals surface area contributed by atoms with Crippen LogP contribution in [-0.2, 0) is 10.3 Å². The second-order valence-corrected chi connectivity index (χ2v) is 4.85. The Labute approximate surface area is 111 Å². The number of halogens is 2. The smallest absolute Gasteiger partial charge is 0.242 e. The van der Waals surface area contributed by atoms with Crippen LogP contribution in [0.2, 0.25) is 0 Å². The fraction of sp³-hybridized carbons (Fsp3) is 0.462. The monoisotopic (exact) mass is 271 g/mol. The molecular formula is C13H19F2N3O. The molecule has 0 aromatic heterocycles. The van der Waals surface area contributed by atoms with Crippen LogP contribution in [-0.4, -0.2) is 38.0 Å². The van der Waals surface area contributed by atoms with Crippen molar-refractivity contribution in [3.63, 3.8) is 0 Å². The maximum Gasteiger partial charge on any atom is 0.242 e.